The number of thiazole rings is 1. The summed E-state index contributed by atoms with van der Waals surface area (Å²) >= 11 is 1.67. The van der Waals surface area contributed by atoms with E-state index >= 15 is 0 Å². The van der Waals surface area contributed by atoms with Crippen LogP contribution in [0.1, 0.15) is 23.5 Å². The van der Waals surface area contributed by atoms with Gasteiger partial charge in [0.2, 0.25) is 0 Å². The van der Waals surface area contributed by atoms with Crippen LogP contribution in [0.4, 0.5) is 4.39 Å². The van der Waals surface area contributed by atoms with Crippen LogP contribution >= 0.6 is 11.3 Å². The summed E-state index contributed by atoms with van der Waals surface area (Å²) in [6.07, 6.45) is 2.89. The van der Waals surface area contributed by atoms with E-state index in [0.717, 1.165) is 16.1 Å². The fourth-order valence-corrected chi connectivity index (χ4v) is 2.94. The molecule has 20 heavy (non-hydrogen) atoms. The number of rotatable bonds is 4. The molecule has 0 aliphatic carbocycles. The van der Waals surface area contributed by atoms with E-state index in [9.17, 15) is 4.39 Å². The molecule has 1 aromatic carbocycles. The first kappa shape index (κ1) is 13.1. The first-order valence-electron chi connectivity index (χ1n) is 6.40. The minimum atomic E-state index is -0.309. The van der Waals surface area contributed by atoms with Crippen molar-refractivity contribution in [3.05, 3.63) is 59.1 Å². The highest BCUT2D eigenvalue weighted by Gasteiger charge is 2.08. The Morgan fingerprint density at radius 1 is 1.30 bits per heavy atom. The van der Waals surface area contributed by atoms with Crippen molar-refractivity contribution in [2.45, 2.75) is 19.5 Å². The molecule has 0 amide bonds. The third-order valence-corrected chi connectivity index (χ3v) is 4.16. The molecule has 0 aliphatic heterocycles. The van der Waals surface area contributed by atoms with Gasteiger partial charge in [-0.1, -0.05) is 12.1 Å². The first-order valence-corrected chi connectivity index (χ1v) is 7.22. The molecule has 0 aliphatic rings. The third-order valence-electron chi connectivity index (χ3n) is 3.12. The number of hydrogen-bond acceptors (Lipinski definition) is 4. The van der Waals surface area contributed by atoms with Gasteiger partial charge >= 0.3 is 0 Å². The van der Waals surface area contributed by atoms with Crippen molar-refractivity contribution in [1.29, 1.82) is 0 Å². The van der Waals surface area contributed by atoms with E-state index in [0.29, 0.717) is 6.54 Å². The zero-order valence-corrected chi connectivity index (χ0v) is 11.8. The number of nitrogens with one attached hydrogen (secondary N) is 1. The van der Waals surface area contributed by atoms with Crippen LogP contribution in [-0.2, 0) is 6.54 Å². The molecule has 1 atom stereocenters. The number of pyridine rings is 1. The number of hydrogen-bond donors (Lipinski definition) is 1. The molecule has 2 aromatic heterocycles. The summed E-state index contributed by atoms with van der Waals surface area (Å²) in [5.74, 6) is -0.309. The van der Waals surface area contributed by atoms with Gasteiger partial charge in [0.1, 0.15) is 10.8 Å². The van der Waals surface area contributed by atoms with Crippen LogP contribution in [-0.4, -0.2) is 9.97 Å². The van der Waals surface area contributed by atoms with Crippen molar-refractivity contribution in [2.75, 3.05) is 0 Å². The third kappa shape index (κ3) is 2.84. The Morgan fingerprint density at radius 3 is 2.95 bits per heavy atom. The van der Waals surface area contributed by atoms with Gasteiger partial charge < -0.3 is 5.32 Å². The fourth-order valence-electron chi connectivity index (χ4n) is 2.02. The van der Waals surface area contributed by atoms with Crippen LogP contribution in [0.25, 0.3) is 10.2 Å². The maximum atomic E-state index is 13.1. The van der Waals surface area contributed by atoms with Crippen molar-refractivity contribution in [3.8, 4) is 0 Å². The molecule has 0 saturated heterocycles. The Bertz CT molecular complexity index is 693. The highest BCUT2D eigenvalue weighted by molar-refractivity contribution is 7.18. The standard InChI is InChI=1S/C15H14FN3S/c1-10(11-6-12(16)8-17-7-11)18-9-15-19-13-4-2-3-5-14(13)20-15/h2-8,10,18H,9H2,1H3. The Labute approximate surface area is 120 Å². The van der Waals surface area contributed by atoms with Gasteiger partial charge in [0.05, 0.1) is 16.4 Å². The van der Waals surface area contributed by atoms with Gasteiger partial charge in [-0.2, -0.15) is 0 Å². The lowest BCUT2D eigenvalue weighted by atomic mass is 10.1. The molecule has 102 valence electrons. The quantitative estimate of drug-likeness (QED) is 0.795. The largest absolute Gasteiger partial charge is 0.304 e. The lowest BCUT2D eigenvalue weighted by Crippen LogP contribution is -2.18. The van der Waals surface area contributed by atoms with Crippen molar-refractivity contribution in [2.24, 2.45) is 0 Å². The lowest BCUT2D eigenvalue weighted by Gasteiger charge is -2.12. The molecule has 3 rings (SSSR count). The topological polar surface area (TPSA) is 37.8 Å². The second-order valence-corrected chi connectivity index (χ2v) is 5.73. The summed E-state index contributed by atoms with van der Waals surface area (Å²) in [7, 11) is 0. The Kier molecular flexibility index (Phi) is 3.71. The average molecular weight is 287 g/mol. The molecular weight excluding hydrogens is 273 g/mol. The number of halogens is 1. The fraction of sp³-hybridized carbons (Fsp3) is 0.200. The molecule has 1 unspecified atom stereocenters. The predicted octanol–water partition coefficient (Wildman–Crippen LogP) is 3.68. The molecular formula is C15H14FN3S. The Hall–Kier alpha value is -1.85. The van der Waals surface area contributed by atoms with Crippen molar-refractivity contribution >= 4 is 21.6 Å². The SMILES string of the molecule is CC(NCc1nc2ccccc2s1)c1cncc(F)c1. The second-order valence-electron chi connectivity index (χ2n) is 4.61. The summed E-state index contributed by atoms with van der Waals surface area (Å²) in [6, 6.07) is 9.61. The number of para-hydroxylation sites is 1. The molecule has 5 heteroatoms. The van der Waals surface area contributed by atoms with Gasteiger partial charge in [0.15, 0.2) is 0 Å². The molecule has 0 radical (unpaired) electrons. The Morgan fingerprint density at radius 2 is 2.15 bits per heavy atom. The first-order chi connectivity index (χ1) is 9.72. The Balaban J connectivity index is 1.69. The molecule has 1 N–H and O–H groups in total. The maximum absolute atomic E-state index is 13.1. The van der Waals surface area contributed by atoms with Crippen molar-refractivity contribution in [1.82, 2.24) is 15.3 Å². The summed E-state index contributed by atoms with van der Waals surface area (Å²) in [5.41, 5.74) is 1.86. The molecule has 0 spiro atoms. The van der Waals surface area contributed by atoms with Crippen LogP contribution in [0, 0.1) is 5.82 Å². The van der Waals surface area contributed by atoms with Gasteiger partial charge in [0.25, 0.3) is 0 Å². The summed E-state index contributed by atoms with van der Waals surface area (Å²) in [5, 5.41) is 4.37. The van der Waals surface area contributed by atoms with Crippen LogP contribution < -0.4 is 5.32 Å². The van der Waals surface area contributed by atoms with E-state index in [1.165, 1.54) is 17.0 Å². The normalized spacial score (nSPS) is 12.7. The van der Waals surface area contributed by atoms with Gasteiger partial charge in [-0.25, -0.2) is 9.37 Å². The van der Waals surface area contributed by atoms with Gasteiger partial charge in [-0.3, -0.25) is 4.98 Å². The van der Waals surface area contributed by atoms with E-state index in [-0.39, 0.29) is 11.9 Å². The van der Waals surface area contributed by atoms with Crippen LogP contribution in [0.3, 0.4) is 0 Å². The maximum Gasteiger partial charge on any atom is 0.141 e. The molecule has 0 fully saturated rings. The highest BCUT2D eigenvalue weighted by atomic mass is 32.1. The monoisotopic (exact) mass is 287 g/mol. The van der Waals surface area contributed by atoms with Crippen molar-refractivity contribution in [3.63, 3.8) is 0 Å². The minimum Gasteiger partial charge on any atom is -0.304 e. The van der Waals surface area contributed by atoms with E-state index < -0.39 is 0 Å². The molecule has 3 nitrogen and oxygen atoms in total. The van der Waals surface area contributed by atoms with E-state index in [1.54, 1.807) is 17.5 Å². The van der Waals surface area contributed by atoms with Gasteiger partial charge in [0, 0.05) is 18.8 Å². The van der Waals surface area contributed by atoms with E-state index in [1.807, 2.05) is 25.1 Å². The number of benzene rings is 1. The van der Waals surface area contributed by atoms with Crippen molar-refractivity contribution < 1.29 is 4.39 Å². The molecule has 3 aromatic rings. The zero-order chi connectivity index (χ0) is 13.9. The zero-order valence-electron chi connectivity index (χ0n) is 11.0. The molecule has 0 bridgehead atoms. The summed E-state index contributed by atoms with van der Waals surface area (Å²) in [6.45, 7) is 2.65. The van der Waals surface area contributed by atoms with E-state index in [4.69, 9.17) is 0 Å². The average Bonchev–Trinajstić information content (AvgIpc) is 2.87. The number of fused-ring (bicyclic) bond motifs is 1. The predicted molar refractivity (Wildman–Crippen MR) is 79.1 cm³/mol. The van der Waals surface area contributed by atoms with Crippen LogP contribution in [0.5, 0.6) is 0 Å². The molecule has 2 heterocycles. The smallest absolute Gasteiger partial charge is 0.141 e. The second kappa shape index (κ2) is 5.64. The lowest BCUT2D eigenvalue weighted by molar-refractivity contribution is 0.560. The minimum absolute atomic E-state index is 0.0326. The van der Waals surface area contributed by atoms with Crippen LogP contribution in [0.2, 0.25) is 0 Å². The summed E-state index contributed by atoms with van der Waals surface area (Å²) < 4.78 is 14.3. The van der Waals surface area contributed by atoms with Gasteiger partial charge in [-0.15, -0.1) is 11.3 Å². The van der Waals surface area contributed by atoms with E-state index in [2.05, 4.69) is 21.4 Å². The van der Waals surface area contributed by atoms with Gasteiger partial charge in [-0.05, 0) is 30.7 Å². The highest BCUT2D eigenvalue weighted by Crippen LogP contribution is 2.22. The number of nitrogens with zero attached hydrogens (tertiary/aromatic N) is 2. The molecule has 0 saturated carbocycles. The van der Waals surface area contributed by atoms with Crippen LogP contribution in [0.15, 0.2) is 42.7 Å². The number of aromatic nitrogens is 2. The summed E-state index contributed by atoms with van der Waals surface area (Å²) in [4.78, 5) is 8.43.